The standard InChI is InChI=1S/C7H8N2O3/c1-2-11-6(10)7(5-8)9-3-4-12-7/h3-4,9H,2H2,1H3. The van der Waals surface area contributed by atoms with Gasteiger partial charge in [-0.15, -0.1) is 0 Å². The van der Waals surface area contributed by atoms with Gasteiger partial charge in [-0.25, -0.2) is 4.79 Å². The molecule has 1 atom stereocenters. The Morgan fingerprint density at radius 3 is 3.08 bits per heavy atom. The molecule has 0 aromatic carbocycles. The van der Waals surface area contributed by atoms with Gasteiger partial charge in [0.25, 0.3) is 0 Å². The lowest BCUT2D eigenvalue weighted by Gasteiger charge is -2.17. The molecule has 1 unspecified atom stereocenters. The molecule has 12 heavy (non-hydrogen) atoms. The molecule has 0 saturated heterocycles. The molecule has 1 aliphatic rings. The van der Waals surface area contributed by atoms with Gasteiger partial charge in [0.15, 0.2) is 0 Å². The third kappa shape index (κ3) is 1.19. The van der Waals surface area contributed by atoms with Gasteiger partial charge in [-0.2, -0.15) is 5.26 Å². The summed E-state index contributed by atoms with van der Waals surface area (Å²) in [6.07, 6.45) is 2.61. The van der Waals surface area contributed by atoms with Crippen LogP contribution in [-0.2, 0) is 14.3 Å². The fourth-order valence-electron chi connectivity index (χ4n) is 0.766. The highest BCUT2D eigenvalue weighted by Gasteiger charge is 2.44. The van der Waals surface area contributed by atoms with E-state index in [0.717, 1.165) is 0 Å². The molecule has 0 radical (unpaired) electrons. The average molecular weight is 168 g/mol. The van der Waals surface area contributed by atoms with Crippen LogP contribution < -0.4 is 5.32 Å². The molecule has 5 heteroatoms. The molecule has 64 valence electrons. The van der Waals surface area contributed by atoms with Gasteiger partial charge in [-0.05, 0) is 6.92 Å². The molecule has 0 fully saturated rings. The number of hydrogen-bond acceptors (Lipinski definition) is 5. The van der Waals surface area contributed by atoms with Gasteiger partial charge in [-0.3, -0.25) is 0 Å². The van der Waals surface area contributed by atoms with Crippen LogP contribution in [0.15, 0.2) is 12.5 Å². The monoisotopic (exact) mass is 168 g/mol. The molecule has 0 saturated carbocycles. The van der Waals surface area contributed by atoms with Crippen molar-refractivity contribution < 1.29 is 14.3 Å². The normalized spacial score (nSPS) is 25.3. The molecule has 0 spiro atoms. The second kappa shape index (κ2) is 3.13. The Hall–Kier alpha value is -1.70. The first-order valence-electron chi connectivity index (χ1n) is 3.44. The summed E-state index contributed by atoms with van der Waals surface area (Å²) in [5.41, 5.74) is -1.67. The molecule has 0 bridgehead atoms. The molecule has 0 amide bonds. The Kier molecular flexibility index (Phi) is 2.19. The van der Waals surface area contributed by atoms with E-state index < -0.39 is 11.7 Å². The van der Waals surface area contributed by atoms with Crippen molar-refractivity contribution in [3.8, 4) is 6.07 Å². The van der Waals surface area contributed by atoms with E-state index in [1.807, 2.05) is 0 Å². The maximum Gasteiger partial charge on any atom is 0.388 e. The van der Waals surface area contributed by atoms with E-state index in [4.69, 9.17) is 10.00 Å². The van der Waals surface area contributed by atoms with Gasteiger partial charge in [-0.1, -0.05) is 0 Å². The van der Waals surface area contributed by atoms with Crippen LogP contribution in [0.25, 0.3) is 0 Å². The predicted molar refractivity (Wildman–Crippen MR) is 38.3 cm³/mol. The van der Waals surface area contributed by atoms with Crippen LogP contribution in [-0.4, -0.2) is 18.3 Å². The van der Waals surface area contributed by atoms with Crippen LogP contribution in [0.1, 0.15) is 6.92 Å². The third-order valence-electron chi connectivity index (χ3n) is 1.32. The zero-order valence-corrected chi connectivity index (χ0v) is 6.53. The number of nitrogens with one attached hydrogen (secondary N) is 1. The van der Waals surface area contributed by atoms with E-state index >= 15 is 0 Å². The lowest BCUT2D eigenvalue weighted by atomic mass is 10.2. The van der Waals surface area contributed by atoms with Crippen molar-refractivity contribution in [3.63, 3.8) is 0 Å². The van der Waals surface area contributed by atoms with Crippen LogP contribution in [0.4, 0.5) is 0 Å². The van der Waals surface area contributed by atoms with Crippen molar-refractivity contribution in [2.24, 2.45) is 0 Å². The van der Waals surface area contributed by atoms with E-state index in [1.54, 1.807) is 13.0 Å². The zero-order chi connectivity index (χ0) is 9.03. The van der Waals surface area contributed by atoms with Gasteiger partial charge in [0.2, 0.25) is 0 Å². The first kappa shape index (κ1) is 8.40. The van der Waals surface area contributed by atoms with Gasteiger partial charge >= 0.3 is 11.7 Å². The quantitative estimate of drug-likeness (QED) is 0.581. The number of ether oxygens (including phenoxy) is 2. The molecule has 0 aromatic heterocycles. The largest absolute Gasteiger partial charge is 0.461 e. The Labute approximate surface area is 69.6 Å². The third-order valence-corrected chi connectivity index (χ3v) is 1.32. The number of rotatable bonds is 2. The second-order valence-electron chi connectivity index (χ2n) is 2.08. The number of nitriles is 1. The highest BCUT2D eigenvalue weighted by Crippen LogP contribution is 2.13. The predicted octanol–water partition coefficient (Wildman–Crippen LogP) is -0.140. The number of nitrogens with zero attached hydrogens (tertiary/aromatic N) is 1. The van der Waals surface area contributed by atoms with Crippen LogP contribution >= 0.6 is 0 Å². The van der Waals surface area contributed by atoms with Crippen molar-refractivity contribution in [3.05, 3.63) is 12.5 Å². The minimum atomic E-state index is -1.67. The zero-order valence-electron chi connectivity index (χ0n) is 6.53. The van der Waals surface area contributed by atoms with Crippen molar-refractivity contribution in [2.45, 2.75) is 12.6 Å². The lowest BCUT2D eigenvalue weighted by molar-refractivity contribution is -0.159. The molecule has 0 aliphatic carbocycles. The maximum atomic E-state index is 11.1. The van der Waals surface area contributed by atoms with Crippen LogP contribution in [0.5, 0.6) is 0 Å². The molecule has 5 nitrogen and oxygen atoms in total. The van der Waals surface area contributed by atoms with E-state index in [0.29, 0.717) is 0 Å². The number of esters is 1. The van der Waals surface area contributed by atoms with E-state index in [1.165, 1.54) is 12.5 Å². The summed E-state index contributed by atoms with van der Waals surface area (Å²) < 4.78 is 9.41. The molecular formula is C7H8N2O3. The molecule has 0 aromatic rings. The summed E-state index contributed by atoms with van der Waals surface area (Å²) in [6, 6.07) is 1.69. The fraction of sp³-hybridized carbons (Fsp3) is 0.429. The first-order valence-corrected chi connectivity index (χ1v) is 3.44. The van der Waals surface area contributed by atoms with Crippen molar-refractivity contribution >= 4 is 5.97 Å². The van der Waals surface area contributed by atoms with E-state index in [-0.39, 0.29) is 6.61 Å². The summed E-state index contributed by atoms with van der Waals surface area (Å²) in [7, 11) is 0. The smallest absolute Gasteiger partial charge is 0.388 e. The van der Waals surface area contributed by atoms with Gasteiger partial charge in [0, 0.05) is 6.20 Å². The molecule has 1 heterocycles. The number of hydrogen-bond donors (Lipinski definition) is 1. The van der Waals surface area contributed by atoms with E-state index in [2.05, 4.69) is 10.1 Å². The molecule has 1 rings (SSSR count). The van der Waals surface area contributed by atoms with E-state index in [9.17, 15) is 4.79 Å². The topological polar surface area (TPSA) is 71.4 Å². The van der Waals surface area contributed by atoms with Crippen molar-refractivity contribution in [1.82, 2.24) is 5.32 Å². The average Bonchev–Trinajstić information content (AvgIpc) is 2.54. The lowest BCUT2D eigenvalue weighted by Crippen LogP contribution is -2.48. The van der Waals surface area contributed by atoms with Crippen molar-refractivity contribution in [2.75, 3.05) is 6.61 Å². The highest BCUT2D eigenvalue weighted by molar-refractivity contribution is 5.83. The molecular weight excluding hydrogens is 160 g/mol. The Balaban J connectivity index is 2.69. The number of carbonyl (C=O) groups is 1. The Bertz CT molecular complexity index is 246. The van der Waals surface area contributed by atoms with Gasteiger partial charge < -0.3 is 14.8 Å². The van der Waals surface area contributed by atoms with Gasteiger partial charge in [0.05, 0.1) is 6.61 Å². The summed E-state index contributed by atoms with van der Waals surface area (Å²) in [5.74, 6) is -0.725. The minimum absolute atomic E-state index is 0.216. The van der Waals surface area contributed by atoms with Gasteiger partial charge in [0.1, 0.15) is 12.3 Å². The van der Waals surface area contributed by atoms with Crippen LogP contribution in [0.3, 0.4) is 0 Å². The summed E-state index contributed by atoms with van der Waals surface area (Å²) >= 11 is 0. The maximum absolute atomic E-state index is 11.1. The molecule has 1 aliphatic heterocycles. The Morgan fingerprint density at radius 2 is 2.67 bits per heavy atom. The highest BCUT2D eigenvalue weighted by atomic mass is 16.6. The second-order valence-corrected chi connectivity index (χ2v) is 2.08. The van der Waals surface area contributed by atoms with Crippen molar-refractivity contribution in [1.29, 1.82) is 5.26 Å². The molecule has 1 N–H and O–H groups in total. The van der Waals surface area contributed by atoms with Crippen LogP contribution in [0.2, 0.25) is 0 Å². The summed E-state index contributed by atoms with van der Waals surface area (Å²) in [4.78, 5) is 11.1. The summed E-state index contributed by atoms with van der Waals surface area (Å²) in [5, 5.41) is 11.1. The SMILES string of the molecule is CCOC(=O)C1(C#N)NC=CO1. The first-order chi connectivity index (χ1) is 5.75. The fourth-order valence-corrected chi connectivity index (χ4v) is 0.766. The minimum Gasteiger partial charge on any atom is -0.461 e. The van der Waals surface area contributed by atoms with Crippen LogP contribution in [0, 0.1) is 11.3 Å². The Morgan fingerprint density at radius 1 is 1.92 bits per heavy atom. The number of carbonyl (C=O) groups excluding carboxylic acids is 1. The summed E-state index contributed by atoms with van der Waals surface area (Å²) in [6.45, 7) is 1.87.